The van der Waals surface area contributed by atoms with Gasteiger partial charge in [-0.3, -0.25) is 4.90 Å². The SMILES string of the molecule is CNC1CCC2(CC1N1CCC(C)C(OC)C1)OCCO2. The third-order valence-electron chi connectivity index (χ3n) is 5.70. The number of methoxy groups -OCH3 is 1. The van der Waals surface area contributed by atoms with Crippen molar-refractivity contribution in [3.8, 4) is 0 Å². The Labute approximate surface area is 128 Å². The molecule has 1 saturated carbocycles. The summed E-state index contributed by atoms with van der Waals surface area (Å²) in [5.74, 6) is 0.333. The highest BCUT2D eigenvalue weighted by Gasteiger charge is 2.47. The third-order valence-corrected chi connectivity index (χ3v) is 5.70. The lowest BCUT2D eigenvalue weighted by Gasteiger charge is -2.48. The Bertz CT molecular complexity index is 346. The van der Waals surface area contributed by atoms with E-state index in [0.717, 1.165) is 45.6 Å². The number of hydrogen-bond donors (Lipinski definition) is 1. The van der Waals surface area contributed by atoms with Gasteiger partial charge in [-0.05, 0) is 32.4 Å². The van der Waals surface area contributed by atoms with E-state index in [-0.39, 0.29) is 5.79 Å². The summed E-state index contributed by atoms with van der Waals surface area (Å²) >= 11 is 0. The zero-order valence-corrected chi connectivity index (χ0v) is 13.6. The Morgan fingerprint density at radius 1 is 1.24 bits per heavy atom. The Morgan fingerprint density at radius 3 is 2.67 bits per heavy atom. The van der Waals surface area contributed by atoms with Crippen LogP contribution in [0.2, 0.25) is 0 Å². The fourth-order valence-electron chi connectivity index (χ4n) is 4.28. The van der Waals surface area contributed by atoms with Gasteiger partial charge in [0.1, 0.15) is 0 Å². The molecule has 1 N–H and O–H groups in total. The predicted octanol–water partition coefficient (Wildman–Crippen LogP) is 1.23. The second-order valence-electron chi connectivity index (χ2n) is 6.85. The van der Waals surface area contributed by atoms with Crippen LogP contribution >= 0.6 is 0 Å². The van der Waals surface area contributed by atoms with Crippen LogP contribution in [-0.4, -0.2) is 69.3 Å². The lowest BCUT2D eigenvalue weighted by atomic mass is 9.83. The summed E-state index contributed by atoms with van der Waals surface area (Å²) in [6.45, 7) is 5.96. The smallest absolute Gasteiger partial charge is 0.170 e. The van der Waals surface area contributed by atoms with Crippen LogP contribution in [0.1, 0.15) is 32.6 Å². The van der Waals surface area contributed by atoms with E-state index >= 15 is 0 Å². The molecule has 0 aromatic carbocycles. The van der Waals surface area contributed by atoms with Crippen molar-refractivity contribution in [3.63, 3.8) is 0 Å². The molecular weight excluding hydrogens is 268 g/mol. The van der Waals surface area contributed by atoms with E-state index in [0.29, 0.717) is 24.1 Å². The van der Waals surface area contributed by atoms with Crippen molar-refractivity contribution in [2.45, 2.75) is 56.6 Å². The quantitative estimate of drug-likeness (QED) is 0.849. The van der Waals surface area contributed by atoms with Gasteiger partial charge in [0, 0.05) is 38.6 Å². The van der Waals surface area contributed by atoms with E-state index in [1.54, 1.807) is 0 Å². The van der Waals surface area contributed by atoms with Crippen LogP contribution in [0.4, 0.5) is 0 Å². The van der Waals surface area contributed by atoms with Crippen LogP contribution in [-0.2, 0) is 14.2 Å². The summed E-state index contributed by atoms with van der Waals surface area (Å²) in [4.78, 5) is 2.60. The van der Waals surface area contributed by atoms with E-state index in [1.165, 1.54) is 6.42 Å². The number of likely N-dealkylation sites (tertiary alicyclic amines) is 1. The number of ether oxygens (including phenoxy) is 3. The minimum Gasteiger partial charge on any atom is -0.380 e. The zero-order valence-electron chi connectivity index (χ0n) is 13.6. The first-order valence-corrected chi connectivity index (χ1v) is 8.39. The van der Waals surface area contributed by atoms with Crippen LogP contribution < -0.4 is 5.32 Å². The van der Waals surface area contributed by atoms with Crippen molar-refractivity contribution >= 4 is 0 Å². The molecule has 5 heteroatoms. The minimum absolute atomic E-state index is 0.316. The molecule has 4 unspecified atom stereocenters. The summed E-state index contributed by atoms with van der Waals surface area (Å²) in [5, 5.41) is 3.51. The van der Waals surface area contributed by atoms with Gasteiger partial charge in [0.2, 0.25) is 0 Å². The molecule has 5 nitrogen and oxygen atoms in total. The average Bonchev–Trinajstić information content (AvgIpc) is 2.96. The summed E-state index contributed by atoms with van der Waals surface area (Å²) in [6, 6.07) is 1.00. The summed E-state index contributed by atoms with van der Waals surface area (Å²) < 4.78 is 17.6. The zero-order chi connectivity index (χ0) is 14.9. The molecule has 3 rings (SSSR count). The van der Waals surface area contributed by atoms with Crippen LogP contribution in [0.3, 0.4) is 0 Å². The van der Waals surface area contributed by atoms with Crippen LogP contribution in [0.25, 0.3) is 0 Å². The molecule has 2 heterocycles. The van der Waals surface area contributed by atoms with Crippen LogP contribution in [0.15, 0.2) is 0 Å². The maximum Gasteiger partial charge on any atom is 0.170 e. The molecule has 122 valence electrons. The highest BCUT2D eigenvalue weighted by molar-refractivity contribution is 4.98. The van der Waals surface area contributed by atoms with E-state index in [4.69, 9.17) is 14.2 Å². The van der Waals surface area contributed by atoms with E-state index in [9.17, 15) is 0 Å². The van der Waals surface area contributed by atoms with E-state index in [2.05, 4.69) is 24.2 Å². The first kappa shape index (κ1) is 15.7. The van der Waals surface area contributed by atoms with Crippen molar-refractivity contribution in [1.29, 1.82) is 0 Å². The molecule has 4 atom stereocenters. The Morgan fingerprint density at radius 2 is 2.00 bits per heavy atom. The van der Waals surface area contributed by atoms with Crippen molar-refractivity contribution in [1.82, 2.24) is 10.2 Å². The molecular formula is C16H30N2O3. The molecule has 0 aromatic heterocycles. The Hall–Kier alpha value is -0.200. The molecule has 0 aromatic rings. The average molecular weight is 298 g/mol. The van der Waals surface area contributed by atoms with Gasteiger partial charge < -0.3 is 19.5 Å². The van der Waals surface area contributed by atoms with Crippen molar-refractivity contribution in [2.24, 2.45) is 5.92 Å². The van der Waals surface area contributed by atoms with Crippen LogP contribution in [0, 0.1) is 5.92 Å². The molecule has 2 saturated heterocycles. The van der Waals surface area contributed by atoms with Gasteiger partial charge in [0.25, 0.3) is 0 Å². The van der Waals surface area contributed by atoms with Crippen molar-refractivity contribution < 1.29 is 14.2 Å². The number of likely N-dealkylation sites (N-methyl/N-ethyl adjacent to an activating group) is 1. The lowest BCUT2D eigenvalue weighted by molar-refractivity contribution is -0.196. The molecule has 3 aliphatic rings. The Kier molecular flexibility index (Phi) is 4.86. The van der Waals surface area contributed by atoms with Crippen LogP contribution in [0.5, 0.6) is 0 Å². The summed E-state index contributed by atoms with van der Waals surface area (Å²) in [6.07, 6.45) is 4.65. The van der Waals surface area contributed by atoms with E-state index in [1.807, 2.05) is 7.11 Å². The fourth-order valence-corrected chi connectivity index (χ4v) is 4.28. The van der Waals surface area contributed by atoms with Gasteiger partial charge in [-0.2, -0.15) is 0 Å². The largest absolute Gasteiger partial charge is 0.380 e. The minimum atomic E-state index is -0.316. The number of piperidine rings is 1. The first-order chi connectivity index (χ1) is 10.2. The van der Waals surface area contributed by atoms with E-state index < -0.39 is 0 Å². The van der Waals surface area contributed by atoms with Gasteiger partial charge in [-0.15, -0.1) is 0 Å². The summed E-state index contributed by atoms with van der Waals surface area (Å²) in [5.41, 5.74) is 0. The lowest BCUT2D eigenvalue weighted by Crippen LogP contribution is -2.60. The normalized spacial score (nSPS) is 40.7. The summed E-state index contributed by atoms with van der Waals surface area (Å²) in [7, 11) is 3.91. The first-order valence-electron chi connectivity index (χ1n) is 8.39. The highest BCUT2D eigenvalue weighted by atomic mass is 16.7. The number of nitrogens with zero attached hydrogens (tertiary/aromatic N) is 1. The molecule has 0 amide bonds. The fraction of sp³-hybridized carbons (Fsp3) is 1.00. The maximum absolute atomic E-state index is 5.96. The molecule has 21 heavy (non-hydrogen) atoms. The molecule has 1 aliphatic carbocycles. The molecule has 1 spiro atoms. The van der Waals surface area contributed by atoms with Crippen molar-refractivity contribution in [3.05, 3.63) is 0 Å². The van der Waals surface area contributed by atoms with Gasteiger partial charge in [-0.25, -0.2) is 0 Å². The van der Waals surface area contributed by atoms with Crippen molar-refractivity contribution in [2.75, 3.05) is 40.5 Å². The maximum atomic E-state index is 5.96. The van der Waals surface area contributed by atoms with Gasteiger partial charge >= 0.3 is 0 Å². The monoisotopic (exact) mass is 298 g/mol. The molecule has 3 fully saturated rings. The second-order valence-corrected chi connectivity index (χ2v) is 6.85. The van der Waals surface area contributed by atoms with Gasteiger partial charge in [-0.1, -0.05) is 6.92 Å². The third kappa shape index (κ3) is 3.13. The Balaban J connectivity index is 1.70. The molecule has 0 radical (unpaired) electrons. The van der Waals surface area contributed by atoms with Gasteiger partial charge in [0.15, 0.2) is 5.79 Å². The van der Waals surface area contributed by atoms with Gasteiger partial charge in [0.05, 0.1) is 19.3 Å². The topological polar surface area (TPSA) is 43.0 Å². The highest BCUT2D eigenvalue weighted by Crippen LogP contribution is 2.39. The number of hydrogen-bond acceptors (Lipinski definition) is 5. The number of nitrogens with one attached hydrogen (secondary N) is 1. The standard InChI is InChI=1S/C16H30N2O3/c1-12-5-7-18(11-15(12)19-3)14-10-16(20-8-9-21-16)6-4-13(14)17-2/h12-15,17H,4-11H2,1-3H3. The number of rotatable bonds is 3. The molecule has 0 bridgehead atoms. The molecule has 2 aliphatic heterocycles. The second kappa shape index (κ2) is 6.50. The predicted molar refractivity (Wildman–Crippen MR) is 81.3 cm³/mol.